The highest BCUT2D eigenvalue weighted by Crippen LogP contribution is 2.28. The predicted octanol–water partition coefficient (Wildman–Crippen LogP) is 3.65. The van der Waals surface area contributed by atoms with E-state index in [0.717, 1.165) is 18.2 Å². The zero-order chi connectivity index (χ0) is 14.5. The van der Waals surface area contributed by atoms with Gasteiger partial charge in [0.15, 0.2) is 0 Å². The van der Waals surface area contributed by atoms with Gasteiger partial charge in [0.2, 0.25) is 0 Å². The van der Waals surface area contributed by atoms with Crippen molar-refractivity contribution in [1.82, 2.24) is 0 Å². The number of halogens is 2. The van der Waals surface area contributed by atoms with Crippen LogP contribution in [0.25, 0.3) is 0 Å². The Hall–Kier alpha value is -2.61. The minimum Gasteiger partial charge on any atom is -0.495 e. The van der Waals surface area contributed by atoms with Crippen LogP contribution in [-0.2, 0) is 0 Å². The van der Waals surface area contributed by atoms with Crippen molar-refractivity contribution < 1.29 is 13.5 Å². The highest BCUT2D eigenvalue weighted by Gasteiger charge is 2.17. The van der Waals surface area contributed by atoms with Crippen LogP contribution in [0.2, 0.25) is 0 Å². The van der Waals surface area contributed by atoms with Crippen LogP contribution in [-0.4, -0.2) is 7.11 Å². The molecule has 0 saturated heterocycles. The lowest BCUT2D eigenvalue weighted by Gasteiger charge is -2.16. The van der Waals surface area contributed by atoms with Gasteiger partial charge < -0.3 is 10.1 Å². The normalized spacial score (nSPS) is 11.5. The number of hydrogen-bond acceptors (Lipinski definition) is 3. The van der Waals surface area contributed by atoms with Crippen LogP contribution in [0.15, 0.2) is 42.5 Å². The van der Waals surface area contributed by atoms with Gasteiger partial charge in [-0.15, -0.1) is 0 Å². The Bertz CT molecular complexity index is 653. The van der Waals surface area contributed by atoms with Crippen molar-refractivity contribution in [2.24, 2.45) is 0 Å². The first-order chi connectivity index (χ1) is 9.65. The molecule has 0 radical (unpaired) electrons. The smallest absolute Gasteiger partial charge is 0.143 e. The number of nitrogens with zero attached hydrogens (tertiary/aromatic N) is 1. The van der Waals surface area contributed by atoms with Crippen LogP contribution >= 0.6 is 0 Å². The monoisotopic (exact) mass is 274 g/mol. The molecule has 5 heteroatoms. The molecular formula is C15H12F2N2O. The Morgan fingerprint density at radius 3 is 2.65 bits per heavy atom. The topological polar surface area (TPSA) is 45.0 Å². The van der Waals surface area contributed by atoms with Crippen molar-refractivity contribution in [1.29, 1.82) is 5.26 Å². The summed E-state index contributed by atoms with van der Waals surface area (Å²) in [5.41, 5.74) is 0.489. The summed E-state index contributed by atoms with van der Waals surface area (Å²) in [6, 6.07) is 10.8. The highest BCUT2D eigenvalue weighted by atomic mass is 19.1. The first kappa shape index (κ1) is 13.8. The van der Waals surface area contributed by atoms with Crippen LogP contribution < -0.4 is 10.1 Å². The summed E-state index contributed by atoms with van der Waals surface area (Å²) in [7, 11) is 1.49. The number of benzene rings is 2. The van der Waals surface area contributed by atoms with Crippen molar-refractivity contribution in [3.63, 3.8) is 0 Å². The van der Waals surface area contributed by atoms with E-state index in [1.807, 2.05) is 6.07 Å². The Labute approximate surface area is 115 Å². The summed E-state index contributed by atoms with van der Waals surface area (Å²) in [5, 5.41) is 12.0. The number of nitrogens with one attached hydrogen (secondary N) is 1. The van der Waals surface area contributed by atoms with Crippen molar-refractivity contribution in [2.45, 2.75) is 6.04 Å². The van der Waals surface area contributed by atoms with Gasteiger partial charge in [0.1, 0.15) is 23.4 Å². The number of methoxy groups -OCH3 is 1. The van der Waals surface area contributed by atoms with Gasteiger partial charge in [0.05, 0.1) is 18.9 Å². The number of ether oxygens (including phenoxy) is 1. The standard InChI is InChI=1S/C15H12F2N2O/c1-20-15-5-3-2-4-13(15)19-14(9-18)11-8-10(16)6-7-12(11)17/h2-8,14,19H,1H3. The lowest BCUT2D eigenvalue weighted by molar-refractivity contribution is 0.416. The van der Waals surface area contributed by atoms with E-state index in [1.165, 1.54) is 7.11 Å². The van der Waals surface area contributed by atoms with Crippen molar-refractivity contribution in [2.75, 3.05) is 12.4 Å². The molecule has 0 fully saturated rings. The SMILES string of the molecule is COc1ccccc1NC(C#N)c1cc(F)ccc1F. The second-order valence-electron chi connectivity index (χ2n) is 4.07. The zero-order valence-electron chi connectivity index (χ0n) is 10.7. The van der Waals surface area contributed by atoms with Gasteiger partial charge in [-0.3, -0.25) is 0 Å². The fourth-order valence-electron chi connectivity index (χ4n) is 1.83. The molecule has 0 aromatic heterocycles. The molecule has 0 amide bonds. The van der Waals surface area contributed by atoms with Gasteiger partial charge >= 0.3 is 0 Å². The minimum atomic E-state index is -1.01. The van der Waals surface area contributed by atoms with Crippen molar-refractivity contribution in [3.8, 4) is 11.8 Å². The summed E-state index contributed by atoms with van der Waals surface area (Å²) < 4.78 is 32.0. The molecule has 1 atom stereocenters. The largest absolute Gasteiger partial charge is 0.495 e. The van der Waals surface area contributed by atoms with Crippen LogP contribution in [0, 0.1) is 23.0 Å². The lowest BCUT2D eigenvalue weighted by atomic mass is 10.1. The van der Waals surface area contributed by atoms with Crippen molar-refractivity contribution in [3.05, 3.63) is 59.7 Å². The molecule has 0 spiro atoms. The number of anilines is 1. The molecule has 102 valence electrons. The van der Waals surface area contributed by atoms with Gasteiger partial charge in [-0.2, -0.15) is 5.26 Å². The fourth-order valence-corrected chi connectivity index (χ4v) is 1.83. The number of hydrogen-bond donors (Lipinski definition) is 1. The zero-order valence-corrected chi connectivity index (χ0v) is 10.7. The first-order valence-corrected chi connectivity index (χ1v) is 5.90. The molecule has 0 heterocycles. The molecule has 0 bridgehead atoms. The van der Waals surface area contributed by atoms with Crippen LogP contribution in [0.3, 0.4) is 0 Å². The van der Waals surface area contributed by atoms with Gasteiger partial charge in [0, 0.05) is 5.56 Å². The Balaban J connectivity index is 2.34. The summed E-state index contributed by atoms with van der Waals surface area (Å²) in [4.78, 5) is 0. The molecular weight excluding hydrogens is 262 g/mol. The van der Waals surface area contributed by atoms with E-state index >= 15 is 0 Å². The summed E-state index contributed by atoms with van der Waals surface area (Å²) in [6.07, 6.45) is 0. The second-order valence-corrected chi connectivity index (χ2v) is 4.07. The Kier molecular flexibility index (Phi) is 4.16. The van der Waals surface area contributed by atoms with Gasteiger partial charge in [-0.05, 0) is 30.3 Å². The molecule has 0 aliphatic rings. The number of para-hydroxylation sites is 2. The molecule has 3 nitrogen and oxygen atoms in total. The highest BCUT2D eigenvalue weighted by molar-refractivity contribution is 5.58. The quantitative estimate of drug-likeness (QED) is 0.925. The van der Waals surface area contributed by atoms with E-state index in [9.17, 15) is 14.0 Å². The maximum atomic E-state index is 13.7. The van der Waals surface area contributed by atoms with Gasteiger partial charge in [-0.25, -0.2) is 8.78 Å². The molecule has 0 saturated carbocycles. The molecule has 1 unspecified atom stereocenters. The molecule has 2 aromatic rings. The van der Waals surface area contributed by atoms with Gasteiger partial charge in [0.25, 0.3) is 0 Å². The third-order valence-corrected chi connectivity index (χ3v) is 2.80. The van der Waals surface area contributed by atoms with E-state index in [0.29, 0.717) is 11.4 Å². The fraction of sp³-hybridized carbons (Fsp3) is 0.133. The Morgan fingerprint density at radius 2 is 1.95 bits per heavy atom. The molecule has 2 aromatic carbocycles. The minimum absolute atomic E-state index is 0.0431. The van der Waals surface area contributed by atoms with E-state index in [2.05, 4.69) is 5.32 Å². The molecule has 2 rings (SSSR count). The van der Waals surface area contributed by atoms with E-state index in [-0.39, 0.29) is 5.56 Å². The third kappa shape index (κ3) is 2.86. The molecule has 0 aliphatic heterocycles. The first-order valence-electron chi connectivity index (χ1n) is 5.90. The average molecular weight is 274 g/mol. The average Bonchev–Trinajstić information content (AvgIpc) is 2.48. The number of rotatable bonds is 4. The van der Waals surface area contributed by atoms with E-state index in [4.69, 9.17) is 4.74 Å². The Morgan fingerprint density at radius 1 is 1.20 bits per heavy atom. The third-order valence-electron chi connectivity index (χ3n) is 2.80. The van der Waals surface area contributed by atoms with Crippen molar-refractivity contribution >= 4 is 5.69 Å². The lowest BCUT2D eigenvalue weighted by Crippen LogP contribution is -2.11. The maximum Gasteiger partial charge on any atom is 0.143 e. The molecule has 20 heavy (non-hydrogen) atoms. The maximum absolute atomic E-state index is 13.7. The number of nitriles is 1. The van der Waals surface area contributed by atoms with Crippen LogP contribution in [0.5, 0.6) is 5.75 Å². The summed E-state index contributed by atoms with van der Waals surface area (Å²) in [5.74, 6) is -0.714. The summed E-state index contributed by atoms with van der Waals surface area (Å²) >= 11 is 0. The van der Waals surface area contributed by atoms with Gasteiger partial charge in [-0.1, -0.05) is 12.1 Å². The summed E-state index contributed by atoms with van der Waals surface area (Å²) in [6.45, 7) is 0. The molecule has 0 aliphatic carbocycles. The van der Waals surface area contributed by atoms with E-state index < -0.39 is 17.7 Å². The van der Waals surface area contributed by atoms with Crippen LogP contribution in [0.1, 0.15) is 11.6 Å². The van der Waals surface area contributed by atoms with E-state index in [1.54, 1.807) is 24.3 Å². The van der Waals surface area contributed by atoms with Crippen LogP contribution in [0.4, 0.5) is 14.5 Å². The molecule has 1 N–H and O–H groups in total. The predicted molar refractivity (Wildman–Crippen MR) is 71.3 cm³/mol. The second kappa shape index (κ2) is 6.02.